The monoisotopic (exact) mass is 930 g/mol. The largest absolute Gasteiger partial charge is 0.480 e. The number of rotatable bonds is 35. The summed E-state index contributed by atoms with van der Waals surface area (Å²) < 4.78 is 11.4. The Morgan fingerprint density at radius 1 is 0.578 bits per heavy atom. The van der Waals surface area contributed by atoms with Gasteiger partial charge >= 0.3 is 5.97 Å². The van der Waals surface area contributed by atoms with Crippen LogP contribution in [0.4, 0.5) is 0 Å². The maximum Gasteiger partial charge on any atom is 0.326 e. The third-order valence-electron chi connectivity index (χ3n) is 9.68. The van der Waals surface area contributed by atoms with Gasteiger partial charge in [-0.25, -0.2) is 4.79 Å². The lowest BCUT2D eigenvalue weighted by Crippen LogP contribution is -2.57. The predicted molar refractivity (Wildman–Crippen MR) is 252 cm³/mol. The van der Waals surface area contributed by atoms with Crippen molar-refractivity contribution in [3.8, 4) is 0 Å². The lowest BCUT2D eigenvalue weighted by molar-refractivity contribution is -0.142. The van der Waals surface area contributed by atoms with Gasteiger partial charge in [0.25, 0.3) is 0 Å². The van der Waals surface area contributed by atoms with Crippen molar-refractivity contribution in [2.75, 3.05) is 49.4 Å². The maximum absolute atomic E-state index is 13.6. The fraction of sp³-hybridized carbons (Fsp3) is 0.587. The molecule has 0 fully saturated rings. The van der Waals surface area contributed by atoms with Crippen LogP contribution in [0, 0.1) is 5.92 Å². The first-order chi connectivity index (χ1) is 30.7. The Morgan fingerprint density at radius 3 is 1.39 bits per heavy atom. The molecule has 2 aromatic carbocycles. The Hall–Kier alpha value is -4.65. The zero-order valence-electron chi connectivity index (χ0n) is 37.8. The summed E-state index contributed by atoms with van der Waals surface area (Å²) in [4.78, 5) is 89.9. The van der Waals surface area contributed by atoms with Gasteiger partial charge in [-0.15, -0.1) is 0 Å². The Morgan fingerprint density at radius 2 is 0.984 bits per heavy atom. The zero-order chi connectivity index (χ0) is 47.1. The first kappa shape index (κ1) is 55.5. The van der Waals surface area contributed by atoms with E-state index < -0.39 is 59.8 Å². The molecule has 0 saturated heterocycles. The number of benzene rings is 2. The van der Waals surface area contributed by atoms with Crippen molar-refractivity contribution in [3.63, 3.8) is 0 Å². The molecule has 0 aromatic heterocycles. The summed E-state index contributed by atoms with van der Waals surface area (Å²) in [6, 6.07) is 13.2. The zero-order valence-corrected chi connectivity index (χ0v) is 39.4. The molecule has 0 aliphatic rings. The normalized spacial score (nSPS) is 13.5. The molecule has 0 saturated carbocycles. The van der Waals surface area contributed by atoms with E-state index in [1.54, 1.807) is 24.3 Å². The number of carboxylic acids is 1. The van der Waals surface area contributed by atoms with E-state index in [1.165, 1.54) is 23.5 Å². The number of carbonyl (C=O) groups is 7. The molecule has 0 aliphatic carbocycles. The molecule has 0 aliphatic heterocycles. The lowest BCUT2D eigenvalue weighted by atomic mass is 10.0. The van der Waals surface area contributed by atoms with Crippen molar-refractivity contribution in [1.82, 2.24) is 26.6 Å². The van der Waals surface area contributed by atoms with Gasteiger partial charge in [0.15, 0.2) is 0 Å². The Kier molecular flexibility index (Phi) is 28.5. The first-order valence-corrected chi connectivity index (χ1v) is 24.5. The molecule has 0 unspecified atom stereocenters. The topological polar surface area (TPSA) is 244 Å². The van der Waals surface area contributed by atoms with E-state index in [2.05, 4.69) is 26.6 Å². The van der Waals surface area contributed by atoms with Gasteiger partial charge in [0, 0.05) is 48.7 Å². The van der Waals surface area contributed by atoms with Gasteiger partial charge < -0.3 is 46.9 Å². The van der Waals surface area contributed by atoms with E-state index in [0.717, 1.165) is 24.0 Å². The molecular weight excluding hydrogens is 861 g/mol. The number of amides is 6. The molecule has 0 radical (unpaired) electrons. The number of carbonyl (C=O) groups excluding carboxylic acids is 6. The van der Waals surface area contributed by atoms with Crippen LogP contribution in [0.1, 0.15) is 83.8 Å². The molecule has 0 bridgehead atoms. The number of nitrogens with one attached hydrogen (secondary N) is 5. The van der Waals surface area contributed by atoms with E-state index >= 15 is 0 Å². The highest BCUT2D eigenvalue weighted by molar-refractivity contribution is 7.99. The molecule has 0 heterocycles. The number of hydrogen-bond acceptors (Lipinski definition) is 11. The van der Waals surface area contributed by atoms with Crippen LogP contribution >= 0.6 is 23.5 Å². The maximum atomic E-state index is 13.6. The number of hydrogen-bond donors (Lipinski definition) is 7. The van der Waals surface area contributed by atoms with Gasteiger partial charge in [0.1, 0.15) is 30.2 Å². The average molecular weight is 931 g/mol. The van der Waals surface area contributed by atoms with Gasteiger partial charge in [-0.2, -0.15) is 23.5 Å². The van der Waals surface area contributed by atoms with E-state index in [0.29, 0.717) is 57.2 Å². The molecule has 356 valence electrons. The van der Waals surface area contributed by atoms with Crippen LogP contribution < -0.4 is 32.3 Å². The SMILES string of the molecule is CCCCC(=O)N[C@@H](CSCCOCCOCCSC[C@H](NC(=O)CCCC)C(=O)N[C@@H](CC(C)C)C(=O)N[C@@H](Cc1ccccc1)C(N)=O)C(=O)N[C@@H](Cc1ccccc1)C(=O)O. The second-order valence-electron chi connectivity index (χ2n) is 15.8. The third kappa shape index (κ3) is 24.4. The van der Waals surface area contributed by atoms with Crippen LogP contribution in [-0.4, -0.2) is 126 Å². The minimum atomic E-state index is -1.17. The second-order valence-corrected chi connectivity index (χ2v) is 18.1. The molecule has 5 atom stereocenters. The fourth-order valence-corrected chi connectivity index (χ4v) is 7.92. The molecular formula is C46H70N6O10S2. The Balaban J connectivity index is 1.83. The number of ether oxygens (including phenoxy) is 2. The number of aliphatic carboxylic acids is 1. The van der Waals surface area contributed by atoms with Crippen molar-refractivity contribution < 1.29 is 48.1 Å². The fourth-order valence-electron chi connectivity index (χ4n) is 6.18. The Labute approximate surface area is 386 Å². The van der Waals surface area contributed by atoms with Gasteiger partial charge in [-0.1, -0.05) is 101 Å². The highest BCUT2D eigenvalue weighted by Gasteiger charge is 2.30. The van der Waals surface area contributed by atoms with Crippen molar-refractivity contribution in [3.05, 3.63) is 71.8 Å². The standard InChI is InChI=1S/C46H70N6O10S2/c1-5-7-19-40(53)48-38(44(57)51-36(27-32(3)4)43(56)50-35(42(47)55)28-33-15-11-9-12-16-33)30-63-25-23-61-21-22-62-24-26-64-31-39(49-41(54)20-8-6-2)45(58)52-37(46(59)60)29-34-17-13-10-14-18-34/h9-18,32,35-39H,5-8,19-31H2,1-4H3,(H2,47,55)(H,48,53)(H,49,54)(H,50,56)(H,51,57)(H,52,58)(H,59,60)/t35-,36-,37-,38-,39-/m0/s1. The number of carboxylic acid groups (broad SMARTS) is 1. The number of primary amides is 1. The Bertz CT molecular complexity index is 1710. The summed E-state index contributed by atoms with van der Waals surface area (Å²) in [5.74, 6) is -2.50. The van der Waals surface area contributed by atoms with Crippen LogP contribution in [0.25, 0.3) is 0 Å². The molecule has 8 N–H and O–H groups in total. The minimum Gasteiger partial charge on any atom is -0.480 e. The molecule has 18 heteroatoms. The van der Waals surface area contributed by atoms with Crippen LogP contribution in [0.5, 0.6) is 0 Å². The third-order valence-corrected chi connectivity index (χ3v) is 11.7. The van der Waals surface area contributed by atoms with Crippen LogP contribution in [0.15, 0.2) is 60.7 Å². The van der Waals surface area contributed by atoms with Gasteiger partial charge in [0.05, 0.1) is 26.4 Å². The summed E-state index contributed by atoms with van der Waals surface area (Å²) in [7, 11) is 0. The van der Waals surface area contributed by atoms with Crippen LogP contribution in [-0.2, 0) is 55.9 Å². The number of nitrogens with two attached hydrogens (primary N) is 1. The van der Waals surface area contributed by atoms with Crippen molar-refractivity contribution in [2.24, 2.45) is 11.7 Å². The van der Waals surface area contributed by atoms with Gasteiger partial charge in [-0.05, 0) is 36.3 Å². The summed E-state index contributed by atoms with van der Waals surface area (Å²) >= 11 is 2.81. The minimum absolute atomic E-state index is 0.0230. The van der Waals surface area contributed by atoms with Crippen molar-refractivity contribution >= 4 is 64.9 Å². The molecule has 16 nitrogen and oxygen atoms in total. The summed E-state index contributed by atoms with van der Waals surface area (Å²) in [6.07, 6.45) is 4.08. The van der Waals surface area contributed by atoms with Crippen LogP contribution in [0.3, 0.4) is 0 Å². The number of thioether (sulfide) groups is 2. The second kappa shape index (κ2) is 32.9. The van der Waals surface area contributed by atoms with Crippen LogP contribution in [0.2, 0.25) is 0 Å². The highest BCUT2D eigenvalue weighted by Crippen LogP contribution is 2.12. The van der Waals surface area contributed by atoms with E-state index in [4.69, 9.17) is 15.2 Å². The first-order valence-electron chi connectivity index (χ1n) is 22.1. The molecule has 64 heavy (non-hydrogen) atoms. The highest BCUT2D eigenvalue weighted by atomic mass is 32.2. The average Bonchev–Trinajstić information content (AvgIpc) is 3.26. The van der Waals surface area contributed by atoms with E-state index in [1.807, 2.05) is 64.1 Å². The van der Waals surface area contributed by atoms with Crippen molar-refractivity contribution in [2.45, 2.75) is 116 Å². The number of unbranched alkanes of at least 4 members (excludes halogenated alkanes) is 2. The summed E-state index contributed by atoms with van der Waals surface area (Å²) in [5.41, 5.74) is 7.22. The van der Waals surface area contributed by atoms with Gasteiger partial charge in [-0.3, -0.25) is 28.8 Å². The molecule has 2 rings (SSSR count). The lowest BCUT2D eigenvalue weighted by Gasteiger charge is -2.26. The quantitative estimate of drug-likeness (QED) is 0.0492. The van der Waals surface area contributed by atoms with Crippen molar-refractivity contribution in [1.29, 1.82) is 0 Å². The molecule has 2 aromatic rings. The molecule has 0 spiro atoms. The summed E-state index contributed by atoms with van der Waals surface area (Å²) in [6.45, 7) is 9.08. The smallest absolute Gasteiger partial charge is 0.326 e. The summed E-state index contributed by atoms with van der Waals surface area (Å²) in [5, 5.41) is 23.5. The predicted octanol–water partition coefficient (Wildman–Crippen LogP) is 3.39. The van der Waals surface area contributed by atoms with Gasteiger partial charge in [0.2, 0.25) is 35.4 Å². The van der Waals surface area contributed by atoms with E-state index in [-0.39, 0.29) is 54.9 Å². The molecule has 6 amide bonds. The van der Waals surface area contributed by atoms with E-state index in [9.17, 15) is 38.7 Å².